The Morgan fingerprint density at radius 1 is 1.07 bits per heavy atom. The molecule has 3 heterocycles. The number of anilines is 1. The van der Waals surface area contributed by atoms with Crippen molar-refractivity contribution in [1.82, 2.24) is 14.0 Å². The first kappa shape index (κ1) is 27.4. The predicted molar refractivity (Wildman–Crippen MR) is 155 cm³/mol. The van der Waals surface area contributed by atoms with Crippen LogP contribution in [0.25, 0.3) is 27.9 Å². The molecule has 0 saturated carbocycles. The zero-order valence-electron chi connectivity index (χ0n) is 22.5. The fraction of sp³-hybridized carbons (Fsp3) is 0.226. The average Bonchev–Trinajstić information content (AvgIpc) is 3.33. The van der Waals surface area contributed by atoms with Crippen LogP contribution in [0.1, 0.15) is 22.8 Å². The van der Waals surface area contributed by atoms with Crippen molar-refractivity contribution in [3.8, 4) is 6.07 Å². The van der Waals surface area contributed by atoms with Crippen LogP contribution in [0.3, 0.4) is 0 Å². The van der Waals surface area contributed by atoms with E-state index in [0.717, 1.165) is 22.5 Å². The molecule has 5 rings (SSSR count). The summed E-state index contributed by atoms with van der Waals surface area (Å²) in [6, 6.07) is 12.4. The summed E-state index contributed by atoms with van der Waals surface area (Å²) in [5.41, 5.74) is 1.30. The molecule has 1 fully saturated rings. The maximum Gasteiger partial charge on any atom is 0.341 e. The van der Waals surface area contributed by atoms with Crippen LogP contribution in [0.15, 0.2) is 71.8 Å². The van der Waals surface area contributed by atoms with Gasteiger partial charge in [0.25, 0.3) is 5.91 Å². The number of fused-ring (bicyclic) bond motifs is 2. The highest BCUT2D eigenvalue weighted by Gasteiger charge is 2.26. The largest absolute Gasteiger partial charge is 0.477 e. The number of rotatable bonds is 7. The number of para-hydroxylation sites is 1. The molecule has 10 heteroatoms. The number of hydrogen-bond acceptors (Lipinski definition) is 5. The topological polar surface area (TPSA) is 112 Å². The molecule has 0 unspecified atom stereocenters. The number of aromatic carboxylic acids is 1. The normalized spacial score (nSPS) is 13.9. The monoisotopic (exact) mass is 553 g/mol. The third-order valence-electron chi connectivity index (χ3n) is 7.42. The number of carboxylic acid groups (broad SMARTS) is 1. The van der Waals surface area contributed by atoms with Crippen molar-refractivity contribution in [2.24, 2.45) is 0 Å². The summed E-state index contributed by atoms with van der Waals surface area (Å²) in [5, 5.41) is 20.1. The molecule has 0 aliphatic carbocycles. The van der Waals surface area contributed by atoms with Crippen molar-refractivity contribution >= 4 is 45.4 Å². The van der Waals surface area contributed by atoms with Gasteiger partial charge in [-0.3, -0.25) is 9.59 Å². The number of aromatic nitrogens is 2. The van der Waals surface area contributed by atoms with Crippen molar-refractivity contribution in [3.05, 3.63) is 94.2 Å². The number of nitrogens with zero attached hydrogens (tertiary/aromatic N) is 5. The molecular weight excluding hydrogens is 525 g/mol. The number of aryl methyl sites for hydroxylation is 1. The first-order valence-corrected chi connectivity index (χ1v) is 13.2. The summed E-state index contributed by atoms with van der Waals surface area (Å²) in [6.07, 6.45) is 6.56. The van der Waals surface area contributed by atoms with E-state index in [1.807, 2.05) is 41.1 Å². The molecule has 1 aliphatic heterocycles. The Hall–Kier alpha value is -5.17. The molecule has 0 bridgehead atoms. The number of benzene rings is 2. The fourth-order valence-corrected chi connectivity index (χ4v) is 5.35. The molecule has 2 aromatic heterocycles. The van der Waals surface area contributed by atoms with Crippen LogP contribution >= 0.6 is 0 Å². The van der Waals surface area contributed by atoms with Crippen LogP contribution in [0.2, 0.25) is 0 Å². The number of piperazine rings is 1. The van der Waals surface area contributed by atoms with Crippen LogP contribution < -0.4 is 10.3 Å². The van der Waals surface area contributed by atoms with E-state index in [1.54, 1.807) is 39.5 Å². The Bertz CT molecular complexity index is 1840. The number of nitriles is 1. The van der Waals surface area contributed by atoms with Gasteiger partial charge in [0.2, 0.25) is 5.43 Å². The Balaban J connectivity index is 1.39. The molecule has 1 N–H and O–H groups in total. The number of carboxylic acids is 1. The fourth-order valence-electron chi connectivity index (χ4n) is 5.35. The van der Waals surface area contributed by atoms with Gasteiger partial charge < -0.3 is 24.0 Å². The Labute approximate surface area is 235 Å². The van der Waals surface area contributed by atoms with E-state index in [1.165, 1.54) is 6.20 Å². The van der Waals surface area contributed by atoms with Gasteiger partial charge in [-0.25, -0.2) is 9.18 Å². The van der Waals surface area contributed by atoms with Gasteiger partial charge in [0.15, 0.2) is 0 Å². The number of allylic oxidation sites excluding steroid dienone is 1. The minimum absolute atomic E-state index is 0.0000554. The van der Waals surface area contributed by atoms with Crippen LogP contribution in [-0.4, -0.2) is 57.2 Å². The van der Waals surface area contributed by atoms with E-state index in [2.05, 4.69) is 6.58 Å². The van der Waals surface area contributed by atoms with Crippen molar-refractivity contribution < 1.29 is 19.1 Å². The first-order chi connectivity index (χ1) is 19.8. The molecule has 1 aliphatic rings. The number of amides is 1. The highest BCUT2D eigenvalue weighted by molar-refractivity contribution is 6.04. The van der Waals surface area contributed by atoms with Crippen LogP contribution in [0.5, 0.6) is 0 Å². The molecule has 1 saturated heterocycles. The minimum atomic E-state index is -1.36. The Morgan fingerprint density at radius 3 is 2.46 bits per heavy atom. The molecule has 208 valence electrons. The van der Waals surface area contributed by atoms with Gasteiger partial charge in [0.05, 0.1) is 11.2 Å². The van der Waals surface area contributed by atoms with Gasteiger partial charge >= 0.3 is 5.97 Å². The SMILES string of the molecule is C=CCn1cc(/C=C(\C#N)C(=O)N2CCN(c3cc4c(cc3F)c(=O)c(C(=O)O)cn4CC)CC2)c2ccccc21. The highest BCUT2D eigenvalue weighted by Crippen LogP contribution is 2.28. The minimum Gasteiger partial charge on any atom is -0.477 e. The second-order valence-electron chi connectivity index (χ2n) is 9.78. The molecule has 2 aromatic carbocycles. The van der Waals surface area contributed by atoms with E-state index in [0.29, 0.717) is 31.7 Å². The number of carbonyl (C=O) groups excluding carboxylic acids is 1. The van der Waals surface area contributed by atoms with Gasteiger partial charge in [-0.15, -0.1) is 6.58 Å². The Kier molecular flexibility index (Phi) is 7.44. The number of hydrogen-bond donors (Lipinski definition) is 1. The lowest BCUT2D eigenvalue weighted by Gasteiger charge is -2.36. The van der Waals surface area contributed by atoms with Gasteiger partial charge in [-0.1, -0.05) is 24.3 Å². The van der Waals surface area contributed by atoms with E-state index in [4.69, 9.17) is 0 Å². The molecule has 0 radical (unpaired) electrons. The van der Waals surface area contributed by atoms with Gasteiger partial charge in [0, 0.05) is 73.5 Å². The lowest BCUT2D eigenvalue weighted by molar-refractivity contribution is -0.126. The smallest absolute Gasteiger partial charge is 0.341 e. The summed E-state index contributed by atoms with van der Waals surface area (Å²) in [7, 11) is 0. The molecule has 41 heavy (non-hydrogen) atoms. The predicted octanol–water partition coefficient (Wildman–Crippen LogP) is 4.26. The van der Waals surface area contributed by atoms with Crippen molar-refractivity contribution in [2.75, 3.05) is 31.1 Å². The Morgan fingerprint density at radius 2 is 1.80 bits per heavy atom. The van der Waals surface area contributed by atoms with Crippen LogP contribution in [0.4, 0.5) is 10.1 Å². The van der Waals surface area contributed by atoms with Crippen LogP contribution in [-0.2, 0) is 17.9 Å². The lowest BCUT2D eigenvalue weighted by Crippen LogP contribution is -2.49. The second kappa shape index (κ2) is 11.1. The van der Waals surface area contributed by atoms with Crippen molar-refractivity contribution in [2.45, 2.75) is 20.0 Å². The van der Waals surface area contributed by atoms with Crippen LogP contribution in [0, 0.1) is 17.1 Å². The number of halogens is 1. The zero-order chi connectivity index (χ0) is 29.3. The molecule has 9 nitrogen and oxygen atoms in total. The molecule has 0 atom stereocenters. The second-order valence-corrected chi connectivity index (χ2v) is 9.78. The van der Waals surface area contributed by atoms with Gasteiger partial charge in [0.1, 0.15) is 23.0 Å². The van der Waals surface area contributed by atoms with Gasteiger partial charge in [-0.2, -0.15) is 5.26 Å². The molecule has 4 aromatic rings. The maximum atomic E-state index is 15.2. The van der Waals surface area contributed by atoms with Crippen molar-refractivity contribution in [1.29, 1.82) is 5.26 Å². The van der Waals surface area contributed by atoms with E-state index in [-0.39, 0.29) is 29.7 Å². The quantitative estimate of drug-likeness (QED) is 0.208. The summed E-state index contributed by atoms with van der Waals surface area (Å²) in [5.74, 6) is -2.40. The summed E-state index contributed by atoms with van der Waals surface area (Å²) in [6.45, 7) is 7.75. The summed E-state index contributed by atoms with van der Waals surface area (Å²) < 4.78 is 18.9. The molecule has 1 amide bonds. The summed E-state index contributed by atoms with van der Waals surface area (Å²) >= 11 is 0. The maximum absolute atomic E-state index is 15.2. The van der Waals surface area contributed by atoms with E-state index in [9.17, 15) is 24.8 Å². The lowest BCUT2D eigenvalue weighted by atomic mass is 10.1. The third kappa shape index (κ3) is 4.98. The standard InChI is InChI=1S/C31H28FN5O4/c1-3-9-37-18-21(22-7-5-6-8-26(22)37)14-20(17-33)30(39)36-12-10-35(11-13-36)28-16-27-23(15-25(28)32)29(38)24(31(40)41)19-34(27)4-2/h3,5-8,14-16,18-19H,1,4,9-13H2,2H3,(H,40,41)/b20-14+. The first-order valence-electron chi connectivity index (χ1n) is 13.2. The zero-order valence-corrected chi connectivity index (χ0v) is 22.5. The van der Waals surface area contributed by atoms with E-state index >= 15 is 4.39 Å². The van der Waals surface area contributed by atoms with Crippen molar-refractivity contribution in [3.63, 3.8) is 0 Å². The number of pyridine rings is 1. The number of carbonyl (C=O) groups is 2. The average molecular weight is 554 g/mol. The highest BCUT2D eigenvalue weighted by atomic mass is 19.1. The van der Waals surface area contributed by atoms with E-state index < -0.39 is 28.7 Å². The summed E-state index contributed by atoms with van der Waals surface area (Å²) in [4.78, 5) is 40.9. The molecular formula is C31H28FN5O4. The molecule has 0 spiro atoms. The third-order valence-corrected chi connectivity index (χ3v) is 7.42. The van der Waals surface area contributed by atoms with Gasteiger partial charge in [-0.05, 0) is 31.2 Å².